The van der Waals surface area contributed by atoms with Gasteiger partial charge in [0.1, 0.15) is 6.10 Å². The minimum Gasteiger partial charge on any atom is -0.479 e. The van der Waals surface area contributed by atoms with Gasteiger partial charge < -0.3 is 19.6 Å². The largest absolute Gasteiger partial charge is 0.479 e. The third kappa shape index (κ3) is 3.85. The quantitative estimate of drug-likeness (QED) is 0.724. The fraction of sp³-hybridized carbons (Fsp3) is 0.222. The Balaban J connectivity index is 0.00000192. The topological polar surface area (TPSA) is 54.6 Å². The third-order valence-electron chi connectivity index (χ3n) is 3.59. The molecular formula is C18H20ClNO3. The summed E-state index contributed by atoms with van der Waals surface area (Å²) in [6.07, 6.45) is 0.501. The van der Waals surface area contributed by atoms with Gasteiger partial charge in [-0.3, -0.25) is 0 Å². The fourth-order valence-corrected chi connectivity index (χ4v) is 2.52. The normalized spacial score (nSPS) is 13.3. The molecule has 0 aliphatic heterocycles. The Bertz CT molecular complexity index is 729. The molecule has 2 N–H and O–H groups in total. The molecule has 2 atom stereocenters. The molecule has 0 saturated heterocycles. The molecule has 0 radical (unpaired) electrons. The van der Waals surface area contributed by atoms with Crippen molar-refractivity contribution in [2.75, 3.05) is 13.6 Å². The van der Waals surface area contributed by atoms with Gasteiger partial charge in [-0.05, 0) is 24.7 Å². The highest BCUT2D eigenvalue weighted by atomic mass is 35.5. The molecule has 0 spiro atoms. The van der Waals surface area contributed by atoms with Crippen molar-refractivity contribution in [3.8, 4) is 5.75 Å². The first-order chi connectivity index (χ1) is 10.8. The van der Waals surface area contributed by atoms with Crippen molar-refractivity contribution in [1.29, 1.82) is 0 Å². The molecule has 0 aliphatic rings. The number of hydrogen-bond acceptors (Lipinski definition) is 4. The van der Waals surface area contributed by atoms with Crippen LogP contribution >= 0.6 is 12.4 Å². The summed E-state index contributed by atoms with van der Waals surface area (Å²) in [5.41, 5.74) is 1.62. The van der Waals surface area contributed by atoms with Crippen molar-refractivity contribution in [2.45, 2.75) is 12.2 Å². The highest BCUT2D eigenvalue weighted by Crippen LogP contribution is 2.31. The minimum atomic E-state index is -0.669. The van der Waals surface area contributed by atoms with Crippen molar-refractivity contribution >= 4 is 23.4 Å². The van der Waals surface area contributed by atoms with E-state index in [0.29, 0.717) is 17.9 Å². The number of nitrogens with one attached hydrogen (secondary N) is 1. The predicted octanol–water partition coefficient (Wildman–Crippen LogP) is 3.56. The van der Waals surface area contributed by atoms with Crippen LogP contribution in [0.25, 0.3) is 11.0 Å². The smallest absolute Gasteiger partial charge is 0.175 e. The molecule has 0 bridgehead atoms. The van der Waals surface area contributed by atoms with Gasteiger partial charge in [-0.2, -0.15) is 0 Å². The van der Waals surface area contributed by atoms with E-state index in [4.69, 9.17) is 9.15 Å². The molecule has 23 heavy (non-hydrogen) atoms. The Morgan fingerprint density at radius 3 is 2.61 bits per heavy atom. The molecule has 4 nitrogen and oxygen atoms in total. The van der Waals surface area contributed by atoms with Gasteiger partial charge in [0.15, 0.2) is 17.4 Å². The van der Waals surface area contributed by atoms with Crippen molar-refractivity contribution in [3.05, 3.63) is 66.4 Å². The maximum atomic E-state index is 10.4. The average Bonchev–Trinajstić information content (AvgIpc) is 3.03. The molecule has 0 amide bonds. The number of aliphatic hydroxyl groups is 1. The number of hydrogen-bond donors (Lipinski definition) is 2. The lowest BCUT2D eigenvalue weighted by atomic mass is 10.0. The Morgan fingerprint density at radius 1 is 1.09 bits per heavy atom. The van der Waals surface area contributed by atoms with Crippen molar-refractivity contribution in [2.24, 2.45) is 0 Å². The van der Waals surface area contributed by atoms with Crippen LogP contribution < -0.4 is 10.1 Å². The molecule has 2 aromatic carbocycles. The van der Waals surface area contributed by atoms with E-state index < -0.39 is 12.2 Å². The van der Waals surface area contributed by atoms with E-state index in [1.165, 1.54) is 0 Å². The summed E-state index contributed by atoms with van der Waals surface area (Å²) in [6.45, 7) is 0.438. The summed E-state index contributed by atoms with van der Waals surface area (Å²) >= 11 is 0. The van der Waals surface area contributed by atoms with Gasteiger partial charge in [-0.15, -0.1) is 12.4 Å². The fourth-order valence-electron chi connectivity index (χ4n) is 2.52. The van der Waals surface area contributed by atoms with E-state index in [1.54, 1.807) is 13.3 Å². The lowest BCUT2D eigenvalue weighted by molar-refractivity contribution is 0.0373. The van der Waals surface area contributed by atoms with Crippen LogP contribution in [-0.4, -0.2) is 24.8 Å². The van der Waals surface area contributed by atoms with Gasteiger partial charge in [0, 0.05) is 11.9 Å². The average molecular weight is 334 g/mol. The van der Waals surface area contributed by atoms with Crippen LogP contribution in [0.2, 0.25) is 0 Å². The van der Waals surface area contributed by atoms with Crippen LogP contribution in [0, 0.1) is 0 Å². The van der Waals surface area contributed by atoms with Gasteiger partial charge in [-0.25, -0.2) is 0 Å². The molecule has 1 aromatic heterocycles. The molecular weight excluding hydrogens is 314 g/mol. The summed E-state index contributed by atoms with van der Waals surface area (Å²) in [5, 5.41) is 14.4. The number of halogens is 1. The Morgan fingerprint density at radius 2 is 1.87 bits per heavy atom. The van der Waals surface area contributed by atoms with Crippen molar-refractivity contribution in [1.82, 2.24) is 5.32 Å². The number of fused-ring (bicyclic) bond motifs is 1. The number of benzene rings is 2. The number of likely N-dealkylation sites (N-methyl/N-ethyl adjacent to an activating group) is 1. The van der Waals surface area contributed by atoms with E-state index in [9.17, 15) is 5.11 Å². The van der Waals surface area contributed by atoms with Crippen LogP contribution in [0.15, 0.2) is 65.3 Å². The second-order valence-electron chi connectivity index (χ2n) is 5.17. The minimum absolute atomic E-state index is 0. The van der Waals surface area contributed by atoms with Crippen LogP contribution in [0.3, 0.4) is 0 Å². The number of aliphatic hydroxyl groups excluding tert-OH is 1. The maximum Gasteiger partial charge on any atom is 0.175 e. The van der Waals surface area contributed by atoms with Crippen LogP contribution in [0.4, 0.5) is 0 Å². The third-order valence-corrected chi connectivity index (χ3v) is 3.59. The molecule has 5 heteroatoms. The van der Waals surface area contributed by atoms with Gasteiger partial charge in [-0.1, -0.05) is 42.5 Å². The lowest BCUT2D eigenvalue weighted by Gasteiger charge is -2.24. The molecule has 0 saturated carbocycles. The number of furan rings is 1. The molecule has 3 aromatic rings. The summed E-state index contributed by atoms with van der Waals surface area (Å²) in [5.74, 6) is 0.631. The Labute approximate surface area is 141 Å². The van der Waals surface area contributed by atoms with Gasteiger partial charge in [0.25, 0.3) is 0 Å². The molecule has 0 unspecified atom stereocenters. The molecule has 0 fully saturated rings. The Kier molecular flexibility index (Phi) is 6.04. The lowest BCUT2D eigenvalue weighted by Crippen LogP contribution is -2.32. The SMILES string of the molecule is CNC[C@@H](O)[C@@H](Oc1cccc2ccoc12)c1ccccc1.Cl. The summed E-state index contributed by atoms with van der Waals surface area (Å²) in [4.78, 5) is 0. The van der Waals surface area contributed by atoms with E-state index in [1.807, 2.05) is 54.6 Å². The first-order valence-electron chi connectivity index (χ1n) is 7.30. The second kappa shape index (κ2) is 8.02. The zero-order chi connectivity index (χ0) is 15.4. The summed E-state index contributed by atoms with van der Waals surface area (Å²) < 4.78 is 11.6. The van der Waals surface area contributed by atoms with E-state index in [-0.39, 0.29) is 12.4 Å². The van der Waals surface area contributed by atoms with Crippen LogP contribution in [-0.2, 0) is 0 Å². The van der Waals surface area contributed by atoms with Gasteiger partial charge in [0.2, 0.25) is 0 Å². The van der Waals surface area contributed by atoms with Crippen molar-refractivity contribution in [3.63, 3.8) is 0 Å². The number of ether oxygens (including phenoxy) is 1. The van der Waals surface area contributed by atoms with E-state index >= 15 is 0 Å². The van der Waals surface area contributed by atoms with Crippen LogP contribution in [0.1, 0.15) is 11.7 Å². The molecule has 3 rings (SSSR count). The molecule has 122 valence electrons. The first-order valence-corrected chi connectivity index (χ1v) is 7.30. The summed E-state index contributed by atoms with van der Waals surface area (Å²) in [6, 6.07) is 17.3. The highest BCUT2D eigenvalue weighted by molar-refractivity contribution is 5.85. The monoisotopic (exact) mass is 333 g/mol. The zero-order valence-electron chi connectivity index (χ0n) is 12.8. The molecule has 1 heterocycles. The zero-order valence-corrected chi connectivity index (χ0v) is 13.6. The van der Waals surface area contributed by atoms with Crippen LogP contribution in [0.5, 0.6) is 5.75 Å². The predicted molar refractivity (Wildman–Crippen MR) is 93.2 cm³/mol. The van der Waals surface area contributed by atoms with Gasteiger partial charge in [0.05, 0.1) is 6.26 Å². The Hall–Kier alpha value is -2.01. The summed E-state index contributed by atoms with van der Waals surface area (Å²) in [7, 11) is 1.80. The highest BCUT2D eigenvalue weighted by Gasteiger charge is 2.23. The maximum absolute atomic E-state index is 10.4. The van der Waals surface area contributed by atoms with Crippen molar-refractivity contribution < 1.29 is 14.3 Å². The second-order valence-corrected chi connectivity index (χ2v) is 5.17. The van der Waals surface area contributed by atoms with E-state index in [2.05, 4.69) is 5.32 Å². The van der Waals surface area contributed by atoms with Gasteiger partial charge >= 0.3 is 0 Å². The first kappa shape index (κ1) is 17.3. The standard InChI is InChI=1S/C18H19NO3.ClH/c1-19-12-15(20)17(13-6-3-2-4-7-13)22-16-9-5-8-14-10-11-21-18(14)16;/h2-11,15,17,19-20H,12H2,1H3;1H/t15-,17+;/m1./s1. The van der Waals surface area contributed by atoms with E-state index in [0.717, 1.165) is 10.9 Å². The number of rotatable bonds is 6. The number of para-hydroxylation sites is 1. The molecule has 0 aliphatic carbocycles.